The maximum atomic E-state index is 12.6. The molecule has 154 valence electrons. The Balaban J connectivity index is 2.84. The van der Waals surface area contributed by atoms with Crippen LogP contribution in [0.15, 0.2) is 24.3 Å². The largest absolute Gasteiger partial charge is 0.347 e. The first-order valence-corrected chi connectivity index (χ1v) is 10.2. The zero-order valence-electron chi connectivity index (χ0n) is 16.1. The molecule has 0 aliphatic rings. The molecular formula is C18H26N4O5S. The standard InChI is InChI=1S/C18H26N4O5S/c1-12(2)10-16(21-17(24)15(19-11-23)8-9-28-3)18(25)20-13-4-6-14(7-5-13)22(26)27/h4-7,11-12,15-16H,8-10H2,1-3H3,(H,19,23)(H,20,25)(H,21,24). The van der Waals surface area contributed by atoms with Gasteiger partial charge in [-0.05, 0) is 42.9 Å². The van der Waals surface area contributed by atoms with Gasteiger partial charge in [0.25, 0.3) is 5.69 Å². The summed E-state index contributed by atoms with van der Waals surface area (Å²) < 4.78 is 0. The summed E-state index contributed by atoms with van der Waals surface area (Å²) in [7, 11) is 0. The molecule has 0 saturated carbocycles. The summed E-state index contributed by atoms with van der Waals surface area (Å²) in [6.45, 7) is 3.85. The number of nitrogens with zero attached hydrogens (tertiary/aromatic N) is 1. The predicted octanol–water partition coefficient (Wildman–Crippen LogP) is 1.93. The third kappa shape index (κ3) is 7.95. The number of thioether (sulfide) groups is 1. The van der Waals surface area contributed by atoms with Gasteiger partial charge in [-0.3, -0.25) is 24.5 Å². The van der Waals surface area contributed by atoms with Crippen LogP contribution in [0.5, 0.6) is 0 Å². The first-order valence-electron chi connectivity index (χ1n) is 8.82. The number of carbonyl (C=O) groups is 3. The number of non-ortho nitro benzene ring substituents is 1. The number of hydrogen-bond acceptors (Lipinski definition) is 6. The van der Waals surface area contributed by atoms with E-state index in [0.717, 1.165) is 0 Å². The summed E-state index contributed by atoms with van der Waals surface area (Å²) in [4.78, 5) is 46.1. The van der Waals surface area contributed by atoms with Crippen molar-refractivity contribution in [3.8, 4) is 0 Å². The van der Waals surface area contributed by atoms with Crippen molar-refractivity contribution in [3.63, 3.8) is 0 Å². The van der Waals surface area contributed by atoms with E-state index in [-0.39, 0.29) is 11.6 Å². The summed E-state index contributed by atoms with van der Waals surface area (Å²) in [5, 5.41) is 18.6. The molecule has 3 amide bonds. The number of amides is 3. The van der Waals surface area contributed by atoms with Crippen LogP contribution in [0.1, 0.15) is 26.7 Å². The molecular weight excluding hydrogens is 384 g/mol. The Bertz CT molecular complexity index is 681. The van der Waals surface area contributed by atoms with Crippen LogP contribution >= 0.6 is 11.8 Å². The molecule has 0 saturated heterocycles. The molecule has 0 fully saturated rings. The summed E-state index contributed by atoms with van der Waals surface area (Å²) in [5.74, 6) is -0.0316. The van der Waals surface area contributed by atoms with E-state index in [1.807, 2.05) is 20.1 Å². The first kappa shape index (κ1) is 23.4. The van der Waals surface area contributed by atoms with Crippen molar-refractivity contribution >= 4 is 41.4 Å². The third-order valence-electron chi connectivity index (χ3n) is 3.88. The fraction of sp³-hybridized carbons (Fsp3) is 0.500. The molecule has 9 nitrogen and oxygen atoms in total. The van der Waals surface area contributed by atoms with Crippen LogP contribution in [0.4, 0.5) is 11.4 Å². The zero-order chi connectivity index (χ0) is 21.1. The molecule has 1 aromatic rings. The van der Waals surface area contributed by atoms with Gasteiger partial charge in [0.2, 0.25) is 18.2 Å². The molecule has 0 aliphatic heterocycles. The number of nitrogens with one attached hydrogen (secondary N) is 3. The molecule has 28 heavy (non-hydrogen) atoms. The molecule has 0 bridgehead atoms. The van der Waals surface area contributed by atoms with Gasteiger partial charge >= 0.3 is 0 Å². The van der Waals surface area contributed by atoms with Crippen LogP contribution in [-0.2, 0) is 14.4 Å². The van der Waals surface area contributed by atoms with Gasteiger partial charge in [-0.2, -0.15) is 11.8 Å². The van der Waals surface area contributed by atoms with Crippen LogP contribution in [-0.4, -0.2) is 47.2 Å². The molecule has 1 aromatic carbocycles. The van der Waals surface area contributed by atoms with Gasteiger partial charge in [0.1, 0.15) is 12.1 Å². The molecule has 0 aromatic heterocycles. The highest BCUT2D eigenvalue weighted by atomic mass is 32.2. The lowest BCUT2D eigenvalue weighted by molar-refractivity contribution is -0.384. The monoisotopic (exact) mass is 410 g/mol. The van der Waals surface area contributed by atoms with Gasteiger partial charge in [-0.1, -0.05) is 13.8 Å². The minimum Gasteiger partial charge on any atom is -0.347 e. The van der Waals surface area contributed by atoms with Gasteiger partial charge in [0.15, 0.2) is 0 Å². The lowest BCUT2D eigenvalue weighted by Crippen LogP contribution is -2.51. The molecule has 0 heterocycles. The smallest absolute Gasteiger partial charge is 0.269 e. The third-order valence-corrected chi connectivity index (χ3v) is 4.53. The Morgan fingerprint density at radius 3 is 2.32 bits per heavy atom. The normalized spacial score (nSPS) is 12.7. The summed E-state index contributed by atoms with van der Waals surface area (Å²) in [5.41, 5.74) is 0.310. The van der Waals surface area contributed by atoms with Crippen LogP contribution in [0.2, 0.25) is 0 Å². The maximum Gasteiger partial charge on any atom is 0.269 e. The summed E-state index contributed by atoms with van der Waals surface area (Å²) >= 11 is 1.55. The molecule has 0 radical (unpaired) electrons. The number of carbonyl (C=O) groups excluding carboxylic acids is 3. The van der Waals surface area contributed by atoms with Crippen molar-refractivity contribution < 1.29 is 19.3 Å². The Labute approximate surface area is 168 Å². The topological polar surface area (TPSA) is 130 Å². The van der Waals surface area contributed by atoms with E-state index in [1.54, 1.807) is 11.8 Å². The van der Waals surface area contributed by atoms with Crippen molar-refractivity contribution in [2.45, 2.75) is 38.8 Å². The molecule has 0 aliphatic carbocycles. The van der Waals surface area contributed by atoms with Crippen LogP contribution in [0, 0.1) is 16.0 Å². The number of rotatable bonds is 12. The fourth-order valence-corrected chi connectivity index (χ4v) is 2.95. The van der Waals surface area contributed by atoms with E-state index in [4.69, 9.17) is 0 Å². The molecule has 1 rings (SSSR count). The number of hydrogen-bond donors (Lipinski definition) is 3. The lowest BCUT2D eigenvalue weighted by Gasteiger charge is -2.23. The number of benzene rings is 1. The number of nitro benzene ring substituents is 1. The Morgan fingerprint density at radius 2 is 1.82 bits per heavy atom. The maximum absolute atomic E-state index is 12.6. The first-order chi connectivity index (χ1) is 13.3. The van der Waals surface area contributed by atoms with Gasteiger partial charge in [0, 0.05) is 17.8 Å². The molecule has 2 unspecified atom stereocenters. The van der Waals surface area contributed by atoms with E-state index in [0.29, 0.717) is 30.7 Å². The van der Waals surface area contributed by atoms with E-state index in [1.165, 1.54) is 24.3 Å². The quantitative estimate of drug-likeness (QED) is 0.274. The highest BCUT2D eigenvalue weighted by Gasteiger charge is 2.26. The van der Waals surface area contributed by atoms with Gasteiger partial charge in [-0.25, -0.2) is 0 Å². The molecule has 10 heteroatoms. The Morgan fingerprint density at radius 1 is 1.18 bits per heavy atom. The van der Waals surface area contributed by atoms with Crippen molar-refractivity contribution in [3.05, 3.63) is 34.4 Å². The van der Waals surface area contributed by atoms with Crippen LogP contribution < -0.4 is 16.0 Å². The van der Waals surface area contributed by atoms with Crippen molar-refractivity contribution in [1.29, 1.82) is 0 Å². The number of nitro groups is 1. The highest BCUT2D eigenvalue weighted by Crippen LogP contribution is 2.16. The van der Waals surface area contributed by atoms with E-state index < -0.39 is 28.8 Å². The molecule has 2 atom stereocenters. The average molecular weight is 410 g/mol. The van der Waals surface area contributed by atoms with E-state index >= 15 is 0 Å². The van der Waals surface area contributed by atoms with Gasteiger partial charge in [-0.15, -0.1) is 0 Å². The second kappa shape index (κ2) is 12.0. The van der Waals surface area contributed by atoms with Crippen molar-refractivity contribution in [1.82, 2.24) is 10.6 Å². The van der Waals surface area contributed by atoms with Gasteiger partial charge in [0.05, 0.1) is 4.92 Å². The summed E-state index contributed by atoms with van der Waals surface area (Å²) in [6, 6.07) is 3.93. The second-order valence-corrected chi connectivity index (χ2v) is 7.59. The average Bonchev–Trinajstić information content (AvgIpc) is 2.64. The molecule has 3 N–H and O–H groups in total. The second-order valence-electron chi connectivity index (χ2n) is 6.60. The summed E-state index contributed by atoms with van der Waals surface area (Å²) in [6.07, 6.45) is 3.22. The van der Waals surface area contributed by atoms with E-state index in [2.05, 4.69) is 16.0 Å². The minimum absolute atomic E-state index is 0.0818. The SMILES string of the molecule is CSCCC(NC=O)C(=O)NC(CC(C)C)C(=O)Nc1ccc([N+](=O)[O-])cc1. The predicted molar refractivity (Wildman–Crippen MR) is 109 cm³/mol. The van der Waals surface area contributed by atoms with Crippen LogP contribution in [0.25, 0.3) is 0 Å². The Kier molecular flexibility index (Phi) is 10.0. The van der Waals surface area contributed by atoms with Crippen LogP contribution in [0.3, 0.4) is 0 Å². The lowest BCUT2D eigenvalue weighted by atomic mass is 10.0. The zero-order valence-corrected chi connectivity index (χ0v) is 17.0. The highest BCUT2D eigenvalue weighted by molar-refractivity contribution is 7.98. The van der Waals surface area contributed by atoms with E-state index in [9.17, 15) is 24.5 Å². The number of anilines is 1. The molecule has 0 spiro atoms. The minimum atomic E-state index is -0.798. The van der Waals surface area contributed by atoms with Crippen molar-refractivity contribution in [2.75, 3.05) is 17.3 Å². The fourth-order valence-electron chi connectivity index (χ4n) is 2.48. The Hall–Kier alpha value is -2.62. The van der Waals surface area contributed by atoms with Crippen molar-refractivity contribution in [2.24, 2.45) is 5.92 Å². The van der Waals surface area contributed by atoms with Gasteiger partial charge < -0.3 is 16.0 Å².